The van der Waals surface area contributed by atoms with Crippen molar-refractivity contribution in [3.05, 3.63) is 90.0 Å². The van der Waals surface area contributed by atoms with E-state index in [9.17, 15) is 24.6 Å². The van der Waals surface area contributed by atoms with Gasteiger partial charge in [-0.25, -0.2) is 0 Å². The number of carboxylic acid groups (broad SMARTS) is 1. The lowest BCUT2D eigenvalue weighted by atomic mass is 9.93. The van der Waals surface area contributed by atoms with Crippen LogP contribution in [-0.2, 0) is 16.0 Å². The van der Waals surface area contributed by atoms with E-state index in [2.05, 4.69) is 10.6 Å². The number of imide groups is 1. The van der Waals surface area contributed by atoms with Crippen LogP contribution in [0.25, 0.3) is 11.1 Å². The Morgan fingerprint density at radius 1 is 0.857 bits per heavy atom. The summed E-state index contributed by atoms with van der Waals surface area (Å²) >= 11 is 0. The number of hydrogen-bond acceptors (Lipinski definition) is 5. The van der Waals surface area contributed by atoms with E-state index in [-0.39, 0.29) is 18.6 Å². The maximum atomic E-state index is 12.5. The monoisotopic (exact) mass is 474 g/mol. The molecule has 0 saturated carbocycles. The van der Waals surface area contributed by atoms with Crippen LogP contribution >= 0.6 is 0 Å². The van der Waals surface area contributed by atoms with E-state index in [1.165, 1.54) is 0 Å². The van der Waals surface area contributed by atoms with Crippen molar-refractivity contribution in [2.24, 2.45) is 0 Å². The summed E-state index contributed by atoms with van der Waals surface area (Å²) in [6, 6.07) is 22.2. The van der Waals surface area contributed by atoms with Gasteiger partial charge in [-0.15, -0.1) is 0 Å². The minimum Gasteiger partial charge on any atom is -0.508 e. The van der Waals surface area contributed by atoms with E-state index in [1.807, 2.05) is 44.2 Å². The quantitative estimate of drug-likeness (QED) is 0.351. The number of phenolic OH excluding ortho intramolecular Hbond substituents is 1. The van der Waals surface area contributed by atoms with E-state index in [4.69, 9.17) is 0 Å². The Labute approximate surface area is 204 Å². The number of benzene rings is 3. The average Bonchev–Trinajstić information content (AvgIpc) is 2.82. The summed E-state index contributed by atoms with van der Waals surface area (Å²) in [6.45, 7) is 3.84. The molecule has 7 nitrogen and oxygen atoms in total. The van der Waals surface area contributed by atoms with Gasteiger partial charge in [-0.2, -0.15) is 0 Å². The van der Waals surface area contributed by atoms with Gasteiger partial charge in [0.15, 0.2) is 0 Å². The molecule has 2 amide bonds. The Bertz CT molecular complexity index is 1160. The van der Waals surface area contributed by atoms with Crippen molar-refractivity contribution in [2.45, 2.75) is 44.7 Å². The number of aliphatic carboxylic acids is 1. The molecule has 0 fully saturated rings. The number of phenols is 1. The van der Waals surface area contributed by atoms with E-state index in [0.29, 0.717) is 12.0 Å². The fourth-order valence-corrected chi connectivity index (χ4v) is 3.89. The topological polar surface area (TPSA) is 116 Å². The molecule has 0 aliphatic carbocycles. The van der Waals surface area contributed by atoms with Crippen LogP contribution in [0.2, 0.25) is 0 Å². The second-order valence-electron chi connectivity index (χ2n) is 9.12. The van der Waals surface area contributed by atoms with Crippen LogP contribution in [0.15, 0.2) is 78.9 Å². The number of amides is 2. The third-order valence-corrected chi connectivity index (χ3v) is 5.61. The van der Waals surface area contributed by atoms with Gasteiger partial charge in [-0.05, 0) is 67.6 Å². The van der Waals surface area contributed by atoms with Gasteiger partial charge in [0.05, 0.1) is 0 Å². The number of carbonyl (C=O) groups excluding carboxylic acids is 2. The van der Waals surface area contributed by atoms with Crippen LogP contribution in [0.4, 0.5) is 0 Å². The van der Waals surface area contributed by atoms with Gasteiger partial charge in [0.2, 0.25) is 5.91 Å². The Morgan fingerprint density at radius 3 is 2.00 bits per heavy atom. The van der Waals surface area contributed by atoms with Crippen molar-refractivity contribution in [3.8, 4) is 16.9 Å². The van der Waals surface area contributed by atoms with Gasteiger partial charge < -0.3 is 10.2 Å². The molecule has 182 valence electrons. The summed E-state index contributed by atoms with van der Waals surface area (Å²) in [5, 5.41) is 24.5. The van der Waals surface area contributed by atoms with Gasteiger partial charge in [-0.3, -0.25) is 25.0 Å². The SMILES string of the molecule is CC(C)(Cc1ccccc1)N[C@@H](CCC(=O)NC(=O)c1ccc(-c2ccc(O)cc2)cc1)C(=O)O. The van der Waals surface area contributed by atoms with Crippen LogP contribution < -0.4 is 10.6 Å². The summed E-state index contributed by atoms with van der Waals surface area (Å²) in [5.74, 6) is -1.96. The highest BCUT2D eigenvalue weighted by Crippen LogP contribution is 2.22. The first kappa shape index (κ1) is 25.6. The second-order valence-corrected chi connectivity index (χ2v) is 9.12. The fourth-order valence-electron chi connectivity index (χ4n) is 3.89. The summed E-state index contributed by atoms with van der Waals surface area (Å²) < 4.78 is 0. The molecule has 35 heavy (non-hydrogen) atoms. The predicted octanol–water partition coefficient (Wildman–Crippen LogP) is 4.16. The second kappa shape index (κ2) is 11.4. The zero-order valence-corrected chi connectivity index (χ0v) is 19.8. The van der Waals surface area contributed by atoms with E-state index in [0.717, 1.165) is 16.7 Å². The number of hydrogen-bond donors (Lipinski definition) is 4. The highest BCUT2D eigenvalue weighted by atomic mass is 16.4. The minimum atomic E-state index is -1.05. The van der Waals surface area contributed by atoms with Crippen molar-refractivity contribution in [1.29, 1.82) is 0 Å². The Kier molecular flexibility index (Phi) is 8.39. The zero-order chi connectivity index (χ0) is 25.4. The third-order valence-electron chi connectivity index (χ3n) is 5.61. The molecule has 0 aliphatic rings. The molecule has 0 aliphatic heterocycles. The molecule has 3 rings (SSSR count). The first-order chi connectivity index (χ1) is 16.6. The van der Waals surface area contributed by atoms with E-state index in [1.54, 1.807) is 48.5 Å². The number of rotatable bonds is 10. The number of carbonyl (C=O) groups is 3. The first-order valence-corrected chi connectivity index (χ1v) is 11.4. The molecule has 0 spiro atoms. The molecule has 0 unspecified atom stereocenters. The lowest BCUT2D eigenvalue weighted by molar-refractivity contribution is -0.140. The Hall–Kier alpha value is -3.97. The molecule has 7 heteroatoms. The van der Waals surface area contributed by atoms with Crippen molar-refractivity contribution < 1.29 is 24.6 Å². The van der Waals surface area contributed by atoms with Crippen molar-refractivity contribution in [2.75, 3.05) is 0 Å². The van der Waals surface area contributed by atoms with Gasteiger partial charge >= 0.3 is 5.97 Å². The van der Waals surface area contributed by atoms with Gasteiger partial charge in [0.1, 0.15) is 11.8 Å². The molecular weight excluding hydrogens is 444 g/mol. The minimum absolute atomic E-state index is 0.0481. The van der Waals surface area contributed by atoms with Crippen LogP contribution in [0.5, 0.6) is 5.75 Å². The molecule has 0 saturated heterocycles. The number of carboxylic acids is 1. The highest BCUT2D eigenvalue weighted by Gasteiger charge is 2.27. The van der Waals surface area contributed by atoms with E-state index < -0.39 is 29.4 Å². The molecule has 4 N–H and O–H groups in total. The van der Waals surface area contributed by atoms with Crippen molar-refractivity contribution in [1.82, 2.24) is 10.6 Å². The maximum Gasteiger partial charge on any atom is 0.320 e. The molecule has 3 aromatic rings. The fraction of sp³-hybridized carbons (Fsp3) is 0.250. The van der Waals surface area contributed by atoms with Gasteiger partial charge in [0, 0.05) is 17.5 Å². The Morgan fingerprint density at radius 2 is 1.43 bits per heavy atom. The molecular formula is C28H30N2O5. The van der Waals surface area contributed by atoms with Crippen LogP contribution in [0.3, 0.4) is 0 Å². The first-order valence-electron chi connectivity index (χ1n) is 11.4. The molecule has 0 aromatic heterocycles. The summed E-state index contributed by atoms with van der Waals surface area (Å²) in [5.41, 5.74) is 2.64. The Balaban J connectivity index is 1.53. The molecule has 1 atom stereocenters. The van der Waals surface area contributed by atoms with Crippen molar-refractivity contribution in [3.63, 3.8) is 0 Å². The van der Waals surface area contributed by atoms with Crippen LogP contribution in [0, 0.1) is 0 Å². The van der Waals surface area contributed by atoms with E-state index >= 15 is 0 Å². The predicted molar refractivity (Wildman–Crippen MR) is 134 cm³/mol. The van der Waals surface area contributed by atoms with Gasteiger partial charge in [0.25, 0.3) is 5.91 Å². The summed E-state index contributed by atoms with van der Waals surface area (Å²) in [7, 11) is 0. The standard InChI is InChI=1S/C28H30N2O5/c1-28(2,18-19-6-4-3-5-7-19)30-24(27(34)35)16-17-25(32)29-26(33)22-10-8-20(9-11-22)21-12-14-23(31)15-13-21/h3-15,24,30-31H,16-18H2,1-2H3,(H,34,35)(H,29,32,33)/t24-/m0/s1. The van der Waals surface area contributed by atoms with Crippen LogP contribution in [0.1, 0.15) is 42.6 Å². The molecule has 0 bridgehead atoms. The normalized spacial score (nSPS) is 12.1. The largest absolute Gasteiger partial charge is 0.508 e. The lowest BCUT2D eigenvalue weighted by Crippen LogP contribution is -2.51. The average molecular weight is 475 g/mol. The van der Waals surface area contributed by atoms with Crippen LogP contribution in [-0.4, -0.2) is 39.6 Å². The summed E-state index contributed by atoms with van der Waals surface area (Å²) in [6.07, 6.45) is 0.567. The smallest absolute Gasteiger partial charge is 0.320 e. The lowest BCUT2D eigenvalue weighted by Gasteiger charge is -2.30. The van der Waals surface area contributed by atoms with Gasteiger partial charge in [-0.1, -0.05) is 54.6 Å². The maximum absolute atomic E-state index is 12.5. The summed E-state index contributed by atoms with van der Waals surface area (Å²) in [4.78, 5) is 36.6. The molecule has 0 radical (unpaired) electrons. The van der Waals surface area contributed by atoms with Crippen molar-refractivity contribution >= 4 is 17.8 Å². The molecule has 0 heterocycles. The number of nitrogens with one attached hydrogen (secondary N) is 2. The third kappa shape index (κ3) is 7.79. The highest BCUT2D eigenvalue weighted by molar-refractivity contribution is 6.04. The zero-order valence-electron chi connectivity index (χ0n) is 19.8. The molecule has 3 aromatic carbocycles. The number of aromatic hydroxyl groups is 1.